The van der Waals surface area contributed by atoms with Crippen LogP contribution in [0.25, 0.3) is 0 Å². The number of benzene rings is 1. The summed E-state index contributed by atoms with van der Waals surface area (Å²) in [7, 11) is 0. The lowest BCUT2D eigenvalue weighted by Gasteiger charge is -2.23. The molecule has 0 bridgehead atoms. The van der Waals surface area contributed by atoms with E-state index in [2.05, 4.69) is 20.8 Å². The average molecular weight is 248 g/mol. The summed E-state index contributed by atoms with van der Waals surface area (Å²) in [4.78, 5) is 14.1. The number of hydrogen-bond donors (Lipinski definition) is 1. The molecule has 0 aromatic heterocycles. The number of rotatable bonds is 6. The van der Waals surface area contributed by atoms with Gasteiger partial charge in [0.25, 0.3) is 0 Å². The Morgan fingerprint density at radius 3 is 2.39 bits per heavy atom. The van der Waals surface area contributed by atoms with Crippen LogP contribution in [0.1, 0.15) is 40.0 Å². The van der Waals surface area contributed by atoms with Crippen LogP contribution in [-0.4, -0.2) is 12.5 Å². The van der Waals surface area contributed by atoms with Gasteiger partial charge < -0.3 is 10.6 Å². The molecule has 18 heavy (non-hydrogen) atoms. The summed E-state index contributed by atoms with van der Waals surface area (Å²) in [6.07, 6.45) is 2.60. The highest BCUT2D eigenvalue weighted by Gasteiger charge is 2.16. The van der Waals surface area contributed by atoms with E-state index in [9.17, 15) is 4.79 Å². The SMILES string of the molecule is CCCN(C(=O)CC(C)CC)c1ccc(N)cc1. The van der Waals surface area contributed by atoms with Gasteiger partial charge in [0.05, 0.1) is 0 Å². The molecule has 1 aromatic rings. The topological polar surface area (TPSA) is 46.3 Å². The maximum Gasteiger partial charge on any atom is 0.227 e. The van der Waals surface area contributed by atoms with E-state index in [0.29, 0.717) is 12.3 Å². The van der Waals surface area contributed by atoms with Gasteiger partial charge >= 0.3 is 0 Å². The lowest BCUT2D eigenvalue weighted by molar-refractivity contribution is -0.119. The Morgan fingerprint density at radius 1 is 1.28 bits per heavy atom. The Kier molecular flexibility index (Phi) is 5.69. The summed E-state index contributed by atoms with van der Waals surface area (Å²) in [6, 6.07) is 7.52. The molecule has 0 heterocycles. The molecule has 1 aromatic carbocycles. The molecule has 0 radical (unpaired) electrons. The first-order valence-corrected chi connectivity index (χ1v) is 6.74. The number of nitrogen functional groups attached to an aromatic ring is 1. The number of nitrogens with two attached hydrogens (primary N) is 1. The molecule has 1 amide bonds. The minimum atomic E-state index is 0.205. The molecule has 3 nitrogen and oxygen atoms in total. The van der Waals surface area contributed by atoms with Crippen LogP contribution in [-0.2, 0) is 4.79 Å². The van der Waals surface area contributed by atoms with Gasteiger partial charge in [0, 0.05) is 24.3 Å². The smallest absolute Gasteiger partial charge is 0.227 e. The molecule has 2 N–H and O–H groups in total. The number of carbonyl (C=O) groups is 1. The predicted molar refractivity (Wildman–Crippen MR) is 77.6 cm³/mol. The van der Waals surface area contributed by atoms with Crippen molar-refractivity contribution < 1.29 is 4.79 Å². The molecular formula is C15H24N2O. The zero-order valence-electron chi connectivity index (χ0n) is 11.6. The molecule has 0 aliphatic carbocycles. The molecule has 0 saturated heterocycles. The normalized spacial score (nSPS) is 12.2. The second-order valence-electron chi connectivity index (χ2n) is 4.85. The van der Waals surface area contributed by atoms with Crippen molar-refractivity contribution in [2.24, 2.45) is 5.92 Å². The Morgan fingerprint density at radius 2 is 1.89 bits per heavy atom. The highest BCUT2D eigenvalue weighted by Crippen LogP contribution is 2.19. The summed E-state index contributed by atoms with van der Waals surface area (Å²) in [5.41, 5.74) is 7.35. The zero-order valence-corrected chi connectivity index (χ0v) is 11.6. The Balaban J connectivity index is 2.81. The zero-order chi connectivity index (χ0) is 13.5. The van der Waals surface area contributed by atoms with Gasteiger partial charge in [0.1, 0.15) is 0 Å². The first-order valence-electron chi connectivity index (χ1n) is 6.74. The Hall–Kier alpha value is -1.51. The van der Waals surface area contributed by atoms with Gasteiger partial charge in [-0.1, -0.05) is 27.2 Å². The molecule has 100 valence electrons. The van der Waals surface area contributed by atoms with E-state index in [1.807, 2.05) is 29.2 Å². The van der Waals surface area contributed by atoms with Crippen LogP contribution < -0.4 is 10.6 Å². The van der Waals surface area contributed by atoms with Crippen LogP contribution >= 0.6 is 0 Å². The third-order valence-electron chi connectivity index (χ3n) is 3.17. The third kappa shape index (κ3) is 4.06. The van der Waals surface area contributed by atoms with Crippen molar-refractivity contribution in [1.29, 1.82) is 0 Å². The highest BCUT2D eigenvalue weighted by atomic mass is 16.2. The van der Waals surface area contributed by atoms with Crippen molar-refractivity contribution in [1.82, 2.24) is 0 Å². The minimum Gasteiger partial charge on any atom is -0.399 e. The van der Waals surface area contributed by atoms with Crippen molar-refractivity contribution in [3.05, 3.63) is 24.3 Å². The molecule has 0 aliphatic rings. The fraction of sp³-hybridized carbons (Fsp3) is 0.533. The molecule has 0 saturated carbocycles. The minimum absolute atomic E-state index is 0.205. The second-order valence-corrected chi connectivity index (χ2v) is 4.85. The standard InChI is InChI=1S/C15H24N2O/c1-4-10-17(15(18)11-12(3)5-2)14-8-6-13(16)7-9-14/h6-9,12H,4-5,10-11,16H2,1-3H3. The first-order chi connectivity index (χ1) is 8.58. The van der Waals surface area contributed by atoms with Crippen LogP contribution in [0.15, 0.2) is 24.3 Å². The van der Waals surface area contributed by atoms with Crippen LogP contribution in [0.4, 0.5) is 11.4 Å². The second kappa shape index (κ2) is 7.04. The van der Waals surface area contributed by atoms with Gasteiger partial charge in [0.15, 0.2) is 0 Å². The summed E-state index contributed by atoms with van der Waals surface area (Å²) in [5.74, 6) is 0.640. The van der Waals surface area contributed by atoms with Crippen molar-refractivity contribution in [2.45, 2.75) is 40.0 Å². The molecule has 1 rings (SSSR count). The van der Waals surface area contributed by atoms with Gasteiger partial charge in [-0.25, -0.2) is 0 Å². The van der Waals surface area contributed by atoms with Crippen molar-refractivity contribution in [2.75, 3.05) is 17.2 Å². The monoisotopic (exact) mass is 248 g/mol. The summed E-state index contributed by atoms with van der Waals surface area (Å²) >= 11 is 0. The number of nitrogens with zero attached hydrogens (tertiary/aromatic N) is 1. The lowest BCUT2D eigenvalue weighted by Crippen LogP contribution is -2.32. The fourth-order valence-electron chi connectivity index (χ4n) is 1.83. The largest absolute Gasteiger partial charge is 0.399 e. The van der Waals surface area contributed by atoms with E-state index in [4.69, 9.17) is 5.73 Å². The van der Waals surface area contributed by atoms with Crippen molar-refractivity contribution in [3.63, 3.8) is 0 Å². The molecular weight excluding hydrogens is 224 g/mol. The highest BCUT2D eigenvalue weighted by molar-refractivity contribution is 5.93. The maximum absolute atomic E-state index is 12.3. The average Bonchev–Trinajstić information content (AvgIpc) is 2.37. The quantitative estimate of drug-likeness (QED) is 0.784. The van der Waals surface area contributed by atoms with Crippen LogP contribution in [0.2, 0.25) is 0 Å². The third-order valence-corrected chi connectivity index (χ3v) is 3.17. The maximum atomic E-state index is 12.3. The van der Waals surface area contributed by atoms with E-state index >= 15 is 0 Å². The van der Waals surface area contributed by atoms with Gasteiger partial charge in [-0.3, -0.25) is 4.79 Å². The van der Waals surface area contributed by atoms with Crippen LogP contribution in [0.3, 0.4) is 0 Å². The van der Waals surface area contributed by atoms with Crippen molar-refractivity contribution >= 4 is 17.3 Å². The van der Waals surface area contributed by atoms with E-state index in [0.717, 1.165) is 30.8 Å². The Labute approximate surface area is 110 Å². The first kappa shape index (κ1) is 14.6. The Bertz CT molecular complexity index is 373. The molecule has 1 unspecified atom stereocenters. The summed E-state index contributed by atoms with van der Waals surface area (Å²) in [5, 5.41) is 0. The molecule has 0 spiro atoms. The summed E-state index contributed by atoms with van der Waals surface area (Å²) < 4.78 is 0. The fourth-order valence-corrected chi connectivity index (χ4v) is 1.83. The van der Waals surface area contributed by atoms with E-state index in [1.165, 1.54) is 0 Å². The number of carbonyl (C=O) groups excluding carboxylic acids is 1. The summed E-state index contributed by atoms with van der Waals surface area (Å²) in [6.45, 7) is 7.08. The lowest BCUT2D eigenvalue weighted by atomic mass is 10.0. The van der Waals surface area contributed by atoms with Gasteiger partial charge in [-0.15, -0.1) is 0 Å². The van der Waals surface area contributed by atoms with E-state index in [-0.39, 0.29) is 5.91 Å². The van der Waals surface area contributed by atoms with Gasteiger partial charge in [-0.05, 0) is 36.6 Å². The molecule has 3 heteroatoms. The van der Waals surface area contributed by atoms with Gasteiger partial charge in [0.2, 0.25) is 5.91 Å². The van der Waals surface area contributed by atoms with Crippen molar-refractivity contribution in [3.8, 4) is 0 Å². The molecule has 0 fully saturated rings. The molecule has 0 aliphatic heterocycles. The number of anilines is 2. The van der Waals surface area contributed by atoms with Gasteiger partial charge in [-0.2, -0.15) is 0 Å². The van der Waals surface area contributed by atoms with E-state index in [1.54, 1.807) is 0 Å². The van der Waals surface area contributed by atoms with Crippen LogP contribution in [0, 0.1) is 5.92 Å². The molecule has 1 atom stereocenters. The number of amides is 1. The van der Waals surface area contributed by atoms with Crippen LogP contribution in [0.5, 0.6) is 0 Å². The predicted octanol–water partition coefficient (Wildman–Crippen LogP) is 3.45. The van der Waals surface area contributed by atoms with E-state index < -0.39 is 0 Å². The number of hydrogen-bond acceptors (Lipinski definition) is 2.